The molecule has 0 aromatic heterocycles. The van der Waals surface area contributed by atoms with Crippen LogP contribution in [-0.4, -0.2) is 56.1 Å². The Morgan fingerprint density at radius 2 is 1.69 bits per heavy atom. The molecule has 10 heteroatoms. The van der Waals surface area contributed by atoms with Gasteiger partial charge in [0.15, 0.2) is 0 Å². The summed E-state index contributed by atoms with van der Waals surface area (Å²) < 4.78 is 26.8. The number of carbonyl (C=O) groups excluding carboxylic acids is 3. The Morgan fingerprint density at radius 3 is 2.31 bits per heavy atom. The maximum absolute atomic E-state index is 13.0. The monoisotopic (exact) mass is 498 g/mol. The van der Waals surface area contributed by atoms with Crippen molar-refractivity contribution in [2.45, 2.75) is 44.0 Å². The third kappa shape index (κ3) is 5.38. The van der Waals surface area contributed by atoms with E-state index in [4.69, 9.17) is 0 Å². The third-order valence-corrected chi connectivity index (χ3v) is 8.39. The highest BCUT2D eigenvalue weighted by Crippen LogP contribution is 2.28. The molecule has 1 saturated carbocycles. The van der Waals surface area contributed by atoms with Crippen LogP contribution in [0, 0.1) is 5.92 Å². The van der Waals surface area contributed by atoms with E-state index in [1.807, 2.05) is 0 Å². The van der Waals surface area contributed by atoms with Gasteiger partial charge in [-0.25, -0.2) is 8.42 Å². The molecule has 2 aliphatic rings. The van der Waals surface area contributed by atoms with E-state index >= 15 is 0 Å². The molecule has 2 fully saturated rings. The summed E-state index contributed by atoms with van der Waals surface area (Å²) in [5, 5.41) is 5.73. The van der Waals surface area contributed by atoms with Crippen LogP contribution in [0.15, 0.2) is 53.4 Å². The van der Waals surface area contributed by atoms with E-state index in [0.717, 1.165) is 12.8 Å². The Bertz CT molecular complexity index is 1220. The standard InChI is InChI=1S/C25H30N4O5S/c1-3-28(4-2)35(33,34)20-13-11-19(12-14-20)29-16-17(15-23(29)30)24(31)27-22-8-6-5-7-21(22)25(32)26-18-9-10-18/h5-8,11-14,17-18H,3-4,9-10,15-16H2,1-2H3,(H,26,32)(H,27,31). The van der Waals surface area contributed by atoms with Crippen molar-refractivity contribution in [3.05, 3.63) is 54.1 Å². The summed E-state index contributed by atoms with van der Waals surface area (Å²) in [6, 6.07) is 13.2. The van der Waals surface area contributed by atoms with Crippen LogP contribution in [0.4, 0.5) is 11.4 Å². The van der Waals surface area contributed by atoms with E-state index in [1.165, 1.54) is 21.3 Å². The predicted molar refractivity (Wildman–Crippen MR) is 133 cm³/mol. The van der Waals surface area contributed by atoms with E-state index in [2.05, 4.69) is 10.6 Å². The van der Waals surface area contributed by atoms with Gasteiger partial charge in [0.1, 0.15) is 0 Å². The van der Waals surface area contributed by atoms with Crippen molar-refractivity contribution < 1.29 is 22.8 Å². The molecule has 186 valence electrons. The molecule has 1 saturated heterocycles. The van der Waals surface area contributed by atoms with Crippen LogP contribution in [0.1, 0.15) is 43.5 Å². The number of nitrogens with one attached hydrogen (secondary N) is 2. The Labute approximate surface area is 205 Å². The summed E-state index contributed by atoms with van der Waals surface area (Å²) in [5.41, 5.74) is 1.33. The van der Waals surface area contributed by atoms with Crippen molar-refractivity contribution in [1.82, 2.24) is 9.62 Å². The fourth-order valence-electron chi connectivity index (χ4n) is 4.16. The van der Waals surface area contributed by atoms with Crippen LogP contribution >= 0.6 is 0 Å². The number of para-hydroxylation sites is 1. The highest BCUT2D eigenvalue weighted by atomic mass is 32.2. The van der Waals surface area contributed by atoms with Crippen molar-refractivity contribution in [2.24, 2.45) is 5.92 Å². The van der Waals surface area contributed by atoms with Gasteiger partial charge < -0.3 is 15.5 Å². The van der Waals surface area contributed by atoms with Crippen molar-refractivity contribution in [2.75, 3.05) is 29.9 Å². The van der Waals surface area contributed by atoms with Gasteiger partial charge in [0.2, 0.25) is 21.8 Å². The number of hydrogen-bond donors (Lipinski definition) is 2. The quantitative estimate of drug-likeness (QED) is 0.551. The molecule has 2 aromatic rings. The molecule has 2 aromatic carbocycles. The van der Waals surface area contributed by atoms with Crippen LogP contribution in [0.5, 0.6) is 0 Å². The van der Waals surface area contributed by atoms with Crippen LogP contribution < -0.4 is 15.5 Å². The number of nitrogens with zero attached hydrogens (tertiary/aromatic N) is 2. The minimum Gasteiger partial charge on any atom is -0.349 e. The zero-order chi connectivity index (χ0) is 25.2. The molecule has 0 radical (unpaired) electrons. The van der Waals surface area contributed by atoms with Gasteiger partial charge in [-0.05, 0) is 49.2 Å². The Morgan fingerprint density at radius 1 is 1.03 bits per heavy atom. The lowest BCUT2D eigenvalue weighted by Crippen LogP contribution is -2.31. The Hall–Kier alpha value is -3.24. The smallest absolute Gasteiger partial charge is 0.253 e. The third-order valence-electron chi connectivity index (χ3n) is 6.33. The molecule has 0 bridgehead atoms. The molecule has 1 aliphatic heterocycles. The first-order valence-electron chi connectivity index (χ1n) is 11.9. The highest BCUT2D eigenvalue weighted by molar-refractivity contribution is 7.89. The number of carbonyl (C=O) groups is 3. The normalized spacial score (nSPS) is 18.1. The van der Waals surface area contributed by atoms with Gasteiger partial charge >= 0.3 is 0 Å². The second-order valence-electron chi connectivity index (χ2n) is 8.77. The molecule has 4 rings (SSSR count). The highest BCUT2D eigenvalue weighted by Gasteiger charge is 2.36. The van der Waals surface area contributed by atoms with E-state index in [0.29, 0.717) is 30.0 Å². The van der Waals surface area contributed by atoms with Gasteiger partial charge in [-0.2, -0.15) is 4.31 Å². The number of benzene rings is 2. The number of rotatable bonds is 9. The largest absolute Gasteiger partial charge is 0.349 e. The topological polar surface area (TPSA) is 116 Å². The molecule has 3 amide bonds. The lowest BCUT2D eigenvalue weighted by atomic mass is 10.1. The minimum atomic E-state index is -3.60. The molecule has 1 aliphatic carbocycles. The fraction of sp³-hybridized carbons (Fsp3) is 0.400. The van der Waals surface area contributed by atoms with Gasteiger partial charge in [-0.1, -0.05) is 26.0 Å². The first-order chi connectivity index (χ1) is 16.7. The number of anilines is 2. The summed E-state index contributed by atoms with van der Waals surface area (Å²) in [6.45, 7) is 4.47. The van der Waals surface area contributed by atoms with Crippen LogP contribution in [-0.2, 0) is 19.6 Å². The molecule has 35 heavy (non-hydrogen) atoms. The number of hydrogen-bond acceptors (Lipinski definition) is 5. The van der Waals surface area contributed by atoms with Crippen LogP contribution in [0.25, 0.3) is 0 Å². The Kier molecular flexibility index (Phi) is 7.23. The molecule has 1 heterocycles. The molecule has 2 N–H and O–H groups in total. The van der Waals surface area contributed by atoms with Gasteiger partial charge in [-0.15, -0.1) is 0 Å². The lowest BCUT2D eigenvalue weighted by molar-refractivity contribution is -0.122. The molecule has 9 nitrogen and oxygen atoms in total. The fourth-order valence-corrected chi connectivity index (χ4v) is 5.62. The second kappa shape index (κ2) is 10.2. The average molecular weight is 499 g/mol. The number of sulfonamides is 1. The molecular weight excluding hydrogens is 468 g/mol. The summed E-state index contributed by atoms with van der Waals surface area (Å²) in [4.78, 5) is 39.8. The summed E-state index contributed by atoms with van der Waals surface area (Å²) >= 11 is 0. The van der Waals surface area contributed by atoms with Gasteiger partial charge in [0.05, 0.1) is 22.1 Å². The minimum absolute atomic E-state index is 0.0295. The maximum Gasteiger partial charge on any atom is 0.253 e. The van der Waals surface area contributed by atoms with Crippen molar-refractivity contribution in [1.29, 1.82) is 0 Å². The maximum atomic E-state index is 13.0. The average Bonchev–Trinajstić information content (AvgIpc) is 3.57. The Balaban J connectivity index is 1.44. The van der Waals surface area contributed by atoms with Gasteiger partial charge in [0.25, 0.3) is 5.91 Å². The zero-order valence-electron chi connectivity index (χ0n) is 19.9. The van der Waals surface area contributed by atoms with Crippen molar-refractivity contribution in [3.63, 3.8) is 0 Å². The van der Waals surface area contributed by atoms with Gasteiger partial charge in [-0.3, -0.25) is 14.4 Å². The first-order valence-corrected chi connectivity index (χ1v) is 13.3. The van der Waals surface area contributed by atoms with Crippen LogP contribution in [0.2, 0.25) is 0 Å². The molecule has 1 unspecified atom stereocenters. The van der Waals surface area contributed by atoms with E-state index in [1.54, 1.807) is 50.2 Å². The molecule has 1 atom stereocenters. The first kappa shape index (κ1) is 24.9. The van der Waals surface area contributed by atoms with Crippen molar-refractivity contribution in [3.8, 4) is 0 Å². The zero-order valence-corrected chi connectivity index (χ0v) is 20.7. The van der Waals surface area contributed by atoms with Crippen LogP contribution in [0.3, 0.4) is 0 Å². The molecule has 0 spiro atoms. The second-order valence-corrected chi connectivity index (χ2v) is 10.7. The lowest BCUT2D eigenvalue weighted by Gasteiger charge is -2.20. The predicted octanol–water partition coefficient (Wildman–Crippen LogP) is 2.60. The number of amides is 3. The SMILES string of the molecule is CCN(CC)S(=O)(=O)c1ccc(N2CC(C(=O)Nc3ccccc3C(=O)NC3CC3)CC2=O)cc1. The van der Waals surface area contributed by atoms with Crippen molar-refractivity contribution >= 4 is 39.1 Å². The summed E-state index contributed by atoms with van der Waals surface area (Å²) in [6.07, 6.45) is 1.95. The van der Waals surface area contributed by atoms with E-state index < -0.39 is 15.9 Å². The molecular formula is C25H30N4O5S. The van der Waals surface area contributed by atoms with E-state index in [9.17, 15) is 22.8 Å². The van der Waals surface area contributed by atoms with E-state index in [-0.39, 0.29) is 41.6 Å². The summed E-state index contributed by atoms with van der Waals surface area (Å²) in [7, 11) is -3.60. The van der Waals surface area contributed by atoms with Gasteiger partial charge in [0, 0.05) is 37.8 Å². The summed E-state index contributed by atoms with van der Waals surface area (Å²) in [5.74, 6) is -1.38.